The minimum Gasteiger partial charge on any atom is -0.399 e. The van der Waals surface area contributed by atoms with Gasteiger partial charge in [-0.3, -0.25) is 24.5 Å². The smallest absolute Gasteiger partial charge is 0.399 e. The van der Waals surface area contributed by atoms with Gasteiger partial charge in [0.05, 0.1) is 11.2 Å². The second-order valence-corrected chi connectivity index (χ2v) is 11.9. The van der Waals surface area contributed by atoms with Gasteiger partial charge in [0.1, 0.15) is 6.04 Å². The number of rotatable bonds is 7. The Morgan fingerprint density at radius 1 is 1.02 bits per heavy atom. The number of hydrogen-bond acceptors (Lipinski definition) is 6. The summed E-state index contributed by atoms with van der Waals surface area (Å²) in [5.41, 5.74) is 2.87. The number of nitrogens with one attached hydrogen (secondary N) is 1. The van der Waals surface area contributed by atoms with Gasteiger partial charge in [-0.2, -0.15) is 0 Å². The Morgan fingerprint density at radius 2 is 1.73 bits per heavy atom. The fraction of sp³-hybridized carbons (Fsp3) is 0.438. The second kappa shape index (κ2) is 11.3. The predicted octanol–water partition coefficient (Wildman–Crippen LogP) is 3.54. The van der Waals surface area contributed by atoms with Gasteiger partial charge in [-0.1, -0.05) is 42.2 Å². The Bertz CT molecular complexity index is 1440. The molecule has 41 heavy (non-hydrogen) atoms. The molecule has 0 aliphatic carbocycles. The lowest BCUT2D eigenvalue weighted by molar-refractivity contribution is -0.136. The molecule has 3 aliphatic rings. The molecule has 1 atom stereocenters. The molecular formula is C32H35BN2O6. The maximum absolute atomic E-state index is 13.0. The standard InChI is InChI=1S/C32H35BN2O6/c1-31(2)32(3,4)41-33(40-31)23-16-14-22(15-17-23)27(36)13-8-6-5-7-10-21-11-9-12-24-25(21)20-35(30(24)39)26-18-19-28(37)34-29(26)38/h9,11-12,14-17,26H,5-6,8,13,18-20H2,1-4H3,(H,34,37,38). The molecular weight excluding hydrogens is 519 g/mol. The van der Waals surface area contributed by atoms with Crippen LogP contribution in [0.25, 0.3) is 0 Å². The number of benzene rings is 2. The molecule has 0 bridgehead atoms. The van der Waals surface area contributed by atoms with E-state index >= 15 is 0 Å². The van der Waals surface area contributed by atoms with Gasteiger partial charge in [-0.25, -0.2) is 0 Å². The number of amides is 3. The quantitative estimate of drug-likeness (QED) is 0.185. The normalized spacial score (nSPS) is 20.9. The lowest BCUT2D eigenvalue weighted by Gasteiger charge is -2.32. The molecule has 5 rings (SSSR count). The number of fused-ring (bicyclic) bond motifs is 1. The van der Waals surface area contributed by atoms with Crippen molar-refractivity contribution in [3.8, 4) is 11.8 Å². The van der Waals surface area contributed by atoms with E-state index in [4.69, 9.17) is 9.31 Å². The molecule has 0 radical (unpaired) electrons. The Hall–Kier alpha value is -3.74. The molecule has 3 aliphatic heterocycles. The molecule has 2 aromatic carbocycles. The summed E-state index contributed by atoms with van der Waals surface area (Å²) in [4.78, 5) is 51.0. The van der Waals surface area contributed by atoms with E-state index < -0.39 is 30.3 Å². The van der Waals surface area contributed by atoms with Crippen LogP contribution in [0.15, 0.2) is 42.5 Å². The van der Waals surface area contributed by atoms with E-state index in [1.807, 2.05) is 58.0 Å². The Kier molecular flexibility index (Phi) is 7.91. The van der Waals surface area contributed by atoms with Crippen LogP contribution in [0, 0.1) is 11.8 Å². The molecule has 2 aromatic rings. The minimum atomic E-state index is -0.647. The van der Waals surface area contributed by atoms with E-state index in [1.165, 1.54) is 4.90 Å². The highest BCUT2D eigenvalue weighted by molar-refractivity contribution is 6.62. The summed E-state index contributed by atoms with van der Waals surface area (Å²) in [5.74, 6) is 5.51. The fourth-order valence-corrected chi connectivity index (χ4v) is 5.31. The van der Waals surface area contributed by atoms with E-state index in [2.05, 4.69) is 17.2 Å². The lowest BCUT2D eigenvalue weighted by Crippen LogP contribution is -2.52. The van der Waals surface area contributed by atoms with Gasteiger partial charge in [0.15, 0.2) is 5.78 Å². The van der Waals surface area contributed by atoms with E-state index in [1.54, 1.807) is 12.1 Å². The van der Waals surface area contributed by atoms with Crippen molar-refractivity contribution < 1.29 is 28.5 Å². The molecule has 1 N–H and O–H groups in total. The van der Waals surface area contributed by atoms with Gasteiger partial charge in [-0.15, -0.1) is 0 Å². The van der Waals surface area contributed by atoms with Crippen molar-refractivity contribution in [2.24, 2.45) is 0 Å². The summed E-state index contributed by atoms with van der Waals surface area (Å²) in [6.45, 7) is 8.36. The van der Waals surface area contributed by atoms with Crippen molar-refractivity contribution in [2.75, 3.05) is 0 Å². The number of carbonyl (C=O) groups is 4. The van der Waals surface area contributed by atoms with Gasteiger partial charge >= 0.3 is 7.12 Å². The average molecular weight is 554 g/mol. The number of piperidine rings is 1. The lowest BCUT2D eigenvalue weighted by atomic mass is 9.78. The summed E-state index contributed by atoms with van der Waals surface area (Å²) >= 11 is 0. The first-order valence-corrected chi connectivity index (χ1v) is 14.2. The van der Waals surface area contributed by atoms with E-state index in [9.17, 15) is 19.2 Å². The van der Waals surface area contributed by atoms with Crippen molar-refractivity contribution in [2.45, 2.75) is 90.0 Å². The zero-order valence-corrected chi connectivity index (χ0v) is 24.0. The first kappa shape index (κ1) is 28.8. The number of Topliss-reactive ketones (excluding diaryl/α,β-unsaturated/α-hetero) is 1. The van der Waals surface area contributed by atoms with Crippen LogP contribution in [0.1, 0.15) is 98.1 Å². The third-order valence-electron chi connectivity index (χ3n) is 8.52. The molecule has 8 nitrogen and oxygen atoms in total. The zero-order chi connectivity index (χ0) is 29.4. The molecule has 2 saturated heterocycles. The Labute approximate surface area is 241 Å². The van der Waals surface area contributed by atoms with Crippen LogP contribution >= 0.6 is 0 Å². The largest absolute Gasteiger partial charge is 0.494 e. The molecule has 0 saturated carbocycles. The maximum atomic E-state index is 13.0. The fourth-order valence-electron chi connectivity index (χ4n) is 5.31. The first-order valence-electron chi connectivity index (χ1n) is 14.2. The summed E-state index contributed by atoms with van der Waals surface area (Å²) in [5, 5.41) is 2.33. The van der Waals surface area contributed by atoms with Crippen LogP contribution in [0.2, 0.25) is 0 Å². The van der Waals surface area contributed by atoms with Gasteiger partial charge in [0.25, 0.3) is 5.91 Å². The van der Waals surface area contributed by atoms with Crippen LogP contribution < -0.4 is 10.8 Å². The van der Waals surface area contributed by atoms with Gasteiger partial charge in [0, 0.05) is 42.5 Å². The van der Waals surface area contributed by atoms with Crippen molar-refractivity contribution in [3.63, 3.8) is 0 Å². The van der Waals surface area contributed by atoms with Crippen LogP contribution in [0.3, 0.4) is 0 Å². The molecule has 9 heteroatoms. The Balaban J connectivity index is 1.11. The number of carbonyl (C=O) groups excluding carboxylic acids is 4. The molecule has 3 amide bonds. The molecule has 1 unspecified atom stereocenters. The summed E-state index contributed by atoms with van der Waals surface area (Å²) in [6, 6.07) is 12.2. The maximum Gasteiger partial charge on any atom is 0.494 e. The highest BCUT2D eigenvalue weighted by Crippen LogP contribution is 2.36. The third-order valence-corrected chi connectivity index (χ3v) is 8.52. The molecule has 212 valence electrons. The number of unbranched alkanes of at least 4 members (excludes halogenated alkanes) is 2. The number of hydrogen-bond donors (Lipinski definition) is 1. The van der Waals surface area contributed by atoms with Gasteiger partial charge in [0.2, 0.25) is 11.8 Å². The number of ketones is 1. The number of nitrogens with zero attached hydrogens (tertiary/aromatic N) is 1. The first-order chi connectivity index (χ1) is 19.5. The van der Waals surface area contributed by atoms with E-state index in [0.717, 1.165) is 29.4 Å². The summed E-state index contributed by atoms with van der Waals surface area (Å²) in [7, 11) is -0.452. The SMILES string of the molecule is CC1(C)OB(c2ccc(C(=O)CCCCC#Cc3cccc4c3CN(C3CCC(=O)NC3=O)C4=O)cc2)OC1(C)C. The summed E-state index contributed by atoms with van der Waals surface area (Å²) in [6.07, 6.45) is 3.12. The van der Waals surface area contributed by atoms with Crippen LogP contribution in [-0.2, 0) is 25.4 Å². The van der Waals surface area contributed by atoms with Crippen molar-refractivity contribution >= 4 is 36.1 Å². The molecule has 0 aromatic heterocycles. The van der Waals surface area contributed by atoms with Crippen LogP contribution in [0.4, 0.5) is 0 Å². The van der Waals surface area contributed by atoms with Crippen molar-refractivity contribution in [1.29, 1.82) is 0 Å². The van der Waals surface area contributed by atoms with Crippen molar-refractivity contribution in [1.82, 2.24) is 10.2 Å². The highest BCUT2D eigenvalue weighted by Gasteiger charge is 2.51. The molecule has 2 fully saturated rings. The van der Waals surface area contributed by atoms with Gasteiger partial charge in [-0.05, 0) is 70.1 Å². The topological polar surface area (TPSA) is 102 Å². The monoisotopic (exact) mass is 554 g/mol. The zero-order valence-electron chi connectivity index (χ0n) is 24.0. The summed E-state index contributed by atoms with van der Waals surface area (Å²) < 4.78 is 12.2. The average Bonchev–Trinajstić information content (AvgIpc) is 3.37. The minimum absolute atomic E-state index is 0.0892. The van der Waals surface area contributed by atoms with E-state index in [-0.39, 0.29) is 24.0 Å². The van der Waals surface area contributed by atoms with Gasteiger partial charge < -0.3 is 14.2 Å². The third kappa shape index (κ3) is 5.86. The predicted molar refractivity (Wildman–Crippen MR) is 154 cm³/mol. The van der Waals surface area contributed by atoms with Crippen LogP contribution in [-0.4, -0.2) is 52.8 Å². The highest BCUT2D eigenvalue weighted by atomic mass is 16.7. The van der Waals surface area contributed by atoms with Crippen LogP contribution in [0.5, 0.6) is 0 Å². The van der Waals surface area contributed by atoms with Crippen molar-refractivity contribution in [3.05, 3.63) is 64.7 Å². The second-order valence-electron chi connectivity index (χ2n) is 11.9. The molecule has 0 spiro atoms. The molecule has 3 heterocycles. The Morgan fingerprint density at radius 3 is 2.41 bits per heavy atom. The van der Waals surface area contributed by atoms with E-state index in [0.29, 0.717) is 36.9 Å². The number of imide groups is 1.